The van der Waals surface area contributed by atoms with Crippen molar-refractivity contribution in [2.75, 3.05) is 6.61 Å². The summed E-state index contributed by atoms with van der Waals surface area (Å²) in [6, 6.07) is 0.963. The van der Waals surface area contributed by atoms with Crippen LogP contribution in [0.4, 0.5) is 8.78 Å². The minimum atomic E-state index is -3.11. The molecule has 1 unspecified atom stereocenters. The van der Waals surface area contributed by atoms with Crippen LogP contribution in [-0.4, -0.2) is 22.8 Å². The molecule has 0 aliphatic rings. The number of hydrogen-bond donors (Lipinski definition) is 1. The van der Waals surface area contributed by atoms with Gasteiger partial charge in [-0.05, 0) is 6.92 Å². The molecule has 1 heterocycles. The smallest absolute Gasteiger partial charge is 0.358 e. The van der Waals surface area contributed by atoms with Crippen molar-refractivity contribution in [2.45, 2.75) is 12.6 Å². The quantitative estimate of drug-likeness (QED) is 0.623. The number of ether oxygens (including phenoxy) is 1. The fourth-order valence-corrected chi connectivity index (χ4v) is 0.950. The van der Waals surface area contributed by atoms with Crippen LogP contribution in [0.2, 0.25) is 0 Å². The first kappa shape index (κ1) is 11.0. The summed E-state index contributed by atoms with van der Waals surface area (Å²) in [5.74, 6) is -0.718. The molecule has 0 amide bonds. The van der Waals surface area contributed by atoms with Crippen LogP contribution >= 0.6 is 9.24 Å². The molecule has 0 fully saturated rings. The Labute approximate surface area is 81.2 Å². The molecular formula is C7H9F2N2O2P. The maximum atomic E-state index is 12.7. The van der Waals surface area contributed by atoms with E-state index in [0.717, 1.165) is 6.07 Å². The van der Waals surface area contributed by atoms with Crippen LogP contribution < -0.4 is 0 Å². The number of carbonyl (C=O) groups excluding carboxylic acids is 1. The van der Waals surface area contributed by atoms with Gasteiger partial charge >= 0.3 is 5.97 Å². The molecule has 7 heteroatoms. The fraction of sp³-hybridized carbons (Fsp3) is 0.429. The van der Waals surface area contributed by atoms with E-state index in [0.29, 0.717) is 0 Å². The first-order valence-corrected chi connectivity index (χ1v) is 4.42. The molecule has 1 N–H and O–H groups in total. The topological polar surface area (TPSA) is 55.0 Å². The summed E-state index contributed by atoms with van der Waals surface area (Å²) < 4.78 is 29.9. The second-order valence-corrected chi connectivity index (χ2v) is 3.24. The number of rotatable bonds is 3. The summed E-state index contributed by atoms with van der Waals surface area (Å²) in [5.41, 5.74) is -3.70. The lowest BCUT2D eigenvalue weighted by Crippen LogP contribution is -2.05. The molecule has 78 valence electrons. The maximum absolute atomic E-state index is 12.7. The number of nitrogens with one attached hydrogen (secondary N) is 1. The van der Waals surface area contributed by atoms with E-state index in [2.05, 4.69) is 14.9 Å². The van der Waals surface area contributed by atoms with Gasteiger partial charge in [0.25, 0.3) is 5.66 Å². The van der Waals surface area contributed by atoms with Crippen molar-refractivity contribution in [2.24, 2.45) is 0 Å². The van der Waals surface area contributed by atoms with Gasteiger partial charge in [0.1, 0.15) is 5.69 Å². The summed E-state index contributed by atoms with van der Waals surface area (Å²) in [7, 11) is 1.35. The Morgan fingerprint density at radius 2 is 2.43 bits per heavy atom. The van der Waals surface area contributed by atoms with Gasteiger partial charge < -0.3 is 4.74 Å². The van der Waals surface area contributed by atoms with Crippen molar-refractivity contribution in [1.82, 2.24) is 10.2 Å². The molecular weight excluding hydrogens is 213 g/mol. The molecule has 1 aromatic heterocycles. The van der Waals surface area contributed by atoms with Crippen molar-refractivity contribution in [1.29, 1.82) is 0 Å². The molecule has 1 atom stereocenters. The summed E-state index contributed by atoms with van der Waals surface area (Å²) in [6.07, 6.45) is 0. The lowest BCUT2D eigenvalue weighted by atomic mass is 10.3. The van der Waals surface area contributed by atoms with Crippen LogP contribution in [0.3, 0.4) is 0 Å². The normalized spacial score (nSPS) is 11.4. The Morgan fingerprint density at radius 1 is 1.79 bits per heavy atom. The van der Waals surface area contributed by atoms with Crippen LogP contribution in [0, 0.1) is 0 Å². The number of H-pyrrole nitrogens is 1. The number of aromatic amines is 1. The lowest BCUT2D eigenvalue weighted by Gasteiger charge is -2.04. The molecule has 14 heavy (non-hydrogen) atoms. The number of alkyl halides is 2. The zero-order valence-corrected chi connectivity index (χ0v) is 8.54. The van der Waals surface area contributed by atoms with E-state index in [-0.39, 0.29) is 12.3 Å². The van der Waals surface area contributed by atoms with Gasteiger partial charge in [0, 0.05) is 6.07 Å². The monoisotopic (exact) mass is 222 g/mol. The Morgan fingerprint density at radius 3 is 2.86 bits per heavy atom. The standard InChI is InChI=1S/C7H9F2N2O2P/c1-2-13-6(12)4-3-5(11-10-4)7(8,9)14/h3H,2,14H2,1H3,(H,10,11). The Kier molecular flexibility index (Phi) is 3.16. The molecule has 0 bridgehead atoms. The molecule has 1 aromatic rings. The molecule has 1 rings (SSSR count). The molecule has 0 aromatic carbocycles. The highest BCUT2D eigenvalue weighted by atomic mass is 31.0. The third-order valence-corrected chi connectivity index (χ3v) is 1.73. The Bertz CT molecular complexity index is 335. The van der Waals surface area contributed by atoms with Crippen molar-refractivity contribution >= 4 is 15.2 Å². The third kappa shape index (κ3) is 2.48. The van der Waals surface area contributed by atoms with E-state index < -0.39 is 17.3 Å². The van der Waals surface area contributed by atoms with Gasteiger partial charge in [-0.25, -0.2) is 4.79 Å². The predicted octanol–water partition coefficient (Wildman–Crippen LogP) is 1.51. The Hall–Kier alpha value is -1.03. The molecule has 0 spiro atoms. The number of aromatic nitrogens is 2. The van der Waals surface area contributed by atoms with Gasteiger partial charge in [-0.15, -0.1) is 0 Å². The van der Waals surface area contributed by atoms with E-state index in [1.807, 2.05) is 0 Å². The summed E-state index contributed by atoms with van der Waals surface area (Å²) in [6.45, 7) is 1.80. The number of esters is 1. The highest BCUT2D eigenvalue weighted by molar-refractivity contribution is 7.17. The number of hydrogen-bond acceptors (Lipinski definition) is 3. The van der Waals surface area contributed by atoms with E-state index in [4.69, 9.17) is 0 Å². The van der Waals surface area contributed by atoms with Crippen molar-refractivity contribution in [3.05, 3.63) is 17.5 Å². The highest BCUT2D eigenvalue weighted by Crippen LogP contribution is 2.33. The molecule has 0 saturated carbocycles. The zero-order chi connectivity index (χ0) is 10.8. The zero-order valence-electron chi connectivity index (χ0n) is 7.38. The van der Waals surface area contributed by atoms with Crippen LogP contribution in [0.1, 0.15) is 23.1 Å². The minimum Gasteiger partial charge on any atom is -0.461 e. The van der Waals surface area contributed by atoms with E-state index in [9.17, 15) is 13.6 Å². The van der Waals surface area contributed by atoms with E-state index in [1.165, 1.54) is 9.24 Å². The summed E-state index contributed by atoms with van der Waals surface area (Å²) >= 11 is 0. The van der Waals surface area contributed by atoms with Gasteiger partial charge in [0.05, 0.1) is 6.61 Å². The number of carbonyl (C=O) groups is 1. The van der Waals surface area contributed by atoms with Gasteiger partial charge in [-0.1, -0.05) is 9.24 Å². The first-order chi connectivity index (χ1) is 6.45. The predicted molar refractivity (Wildman–Crippen MR) is 48.1 cm³/mol. The summed E-state index contributed by atoms with van der Waals surface area (Å²) in [5, 5.41) is 5.47. The Balaban J connectivity index is 2.83. The fourth-order valence-electron chi connectivity index (χ4n) is 0.802. The van der Waals surface area contributed by atoms with Gasteiger partial charge in [-0.2, -0.15) is 13.9 Å². The van der Waals surface area contributed by atoms with E-state index >= 15 is 0 Å². The minimum absolute atomic E-state index is 0.149. The molecule has 0 aliphatic carbocycles. The maximum Gasteiger partial charge on any atom is 0.358 e. The SMILES string of the molecule is CCOC(=O)c1cc(C(F)(F)P)[nH]n1. The molecule has 0 radical (unpaired) electrons. The second kappa shape index (κ2) is 4.00. The van der Waals surface area contributed by atoms with Crippen LogP contribution in [0.5, 0.6) is 0 Å². The first-order valence-electron chi connectivity index (χ1n) is 3.85. The number of halogens is 2. The highest BCUT2D eigenvalue weighted by Gasteiger charge is 2.28. The lowest BCUT2D eigenvalue weighted by molar-refractivity contribution is 0.0519. The largest absolute Gasteiger partial charge is 0.461 e. The van der Waals surface area contributed by atoms with Crippen molar-refractivity contribution < 1.29 is 18.3 Å². The van der Waals surface area contributed by atoms with E-state index in [1.54, 1.807) is 6.92 Å². The summed E-state index contributed by atoms with van der Waals surface area (Å²) in [4.78, 5) is 11.0. The van der Waals surface area contributed by atoms with Crippen molar-refractivity contribution in [3.8, 4) is 0 Å². The van der Waals surface area contributed by atoms with Gasteiger partial charge in [0.15, 0.2) is 5.69 Å². The third-order valence-electron chi connectivity index (χ3n) is 1.42. The van der Waals surface area contributed by atoms with Crippen LogP contribution in [0.15, 0.2) is 6.07 Å². The molecule has 0 aliphatic heterocycles. The molecule has 0 saturated heterocycles. The average molecular weight is 222 g/mol. The second-order valence-electron chi connectivity index (χ2n) is 2.51. The molecule has 4 nitrogen and oxygen atoms in total. The van der Waals surface area contributed by atoms with Crippen molar-refractivity contribution in [3.63, 3.8) is 0 Å². The number of nitrogens with zero attached hydrogens (tertiary/aromatic N) is 1. The van der Waals surface area contributed by atoms with Crippen LogP contribution in [-0.2, 0) is 10.4 Å². The van der Waals surface area contributed by atoms with Gasteiger partial charge in [0.2, 0.25) is 0 Å². The van der Waals surface area contributed by atoms with Crippen LogP contribution in [0.25, 0.3) is 0 Å². The van der Waals surface area contributed by atoms with Gasteiger partial charge in [-0.3, -0.25) is 5.10 Å². The average Bonchev–Trinajstić information content (AvgIpc) is 2.51.